The molecule has 0 aliphatic heterocycles. The van der Waals surface area contributed by atoms with E-state index in [1.54, 1.807) is 25.6 Å². The summed E-state index contributed by atoms with van der Waals surface area (Å²) in [6.07, 6.45) is 3.47. The largest absolute Gasteiger partial charge is 0.267 e. The summed E-state index contributed by atoms with van der Waals surface area (Å²) in [5.41, 5.74) is 1.22. The second-order valence-corrected chi connectivity index (χ2v) is 7.85. The number of sulfonamides is 1. The summed E-state index contributed by atoms with van der Waals surface area (Å²) in [6, 6.07) is 0. The summed E-state index contributed by atoms with van der Waals surface area (Å²) in [5.74, 6) is 0.924. The van der Waals surface area contributed by atoms with Gasteiger partial charge in [0.05, 0.1) is 17.9 Å². The van der Waals surface area contributed by atoms with Gasteiger partial charge in [-0.2, -0.15) is 5.10 Å². The monoisotopic (exact) mass is 319 g/mol. The van der Waals surface area contributed by atoms with Crippen molar-refractivity contribution in [1.82, 2.24) is 14.1 Å². The van der Waals surface area contributed by atoms with Crippen LogP contribution in [0.3, 0.4) is 0 Å². The average molecular weight is 320 g/mol. The third-order valence-corrected chi connectivity index (χ3v) is 6.27. The van der Waals surface area contributed by atoms with Crippen molar-refractivity contribution in [1.29, 1.82) is 0 Å². The van der Waals surface area contributed by atoms with Gasteiger partial charge in [0.15, 0.2) is 0 Å². The standard InChI is InChI=1S/C13H22ClN3O2S/c1-10-13(11(2)17(15-10)8-7-14)20(18,19)16(3)9-12-5-4-6-12/h12H,4-9H2,1-3H3. The molecule has 0 unspecified atom stereocenters. The van der Waals surface area contributed by atoms with Crippen molar-refractivity contribution in [2.45, 2.75) is 44.6 Å². The highest BCUT2D eigenvalue weighted by Crippen LogP contribution is 2.29. The van der Waals surface area contributed by atoms with Gasteiger partial charge in [-0.25, -0.2) is 12.7 Å². The minimum Gasteiger partial charge on any atom is -0.267 e. The summed E-state index contributed by atoms with van der Waals surface area (Å²) in [6.45, 7) is 4.65. The summed E-state index contributed by atoms with van der Waals surface area (Å²) in [7, 11) is -1.80. The first-order valence-corrected chi connectivity index (χ1v) is 8.91. The van der Waals surface area contributed by atoms with E-state index in [4.69, 9.17) is 11.6 Å². The van der Waals surface area contributed by atoms with Crippen LogP contribution in [0, 0.1) is 19.8 Å². The fourth-order valence-electron chi connectivity index (χ4n) is 2.64. The fraction of sp³-hybridized carbons (Fsp3) is 0.769. The van der Waals surface area contributed by atoms with Crippen molar-refractivity contribution in [3.8, 4) is 0 Å². The Hall–Kier alpha value is -0.590. The summed E-state index contributed by atoms with van der Waals surface area (Å²) < 4.78 is 28.6. The van der Waals surface area contributed by atoms with E-state index in [-0.39, 0.29) is 0 Å². The maximum Gasteiger partial charge on any atom is 0.246 e. The van der Waals surface area contributed by atoms with Crippen LogP contribution in [0.1, 0.15) is 30.7 Å². The molecule has 1 heterocycles. The van der Waals surface area contributed by atoms with E-state index >= 15 is 0 Å². The molecule has 7 heteroatoms. The molecule has 5 nitrogen and oxygen atoms in total. The van der Waals surface area contributed by atoms with Gasteiger partial charge < -0.3 is 0 Å². The predicted molar refractivity (Wildman–Crippen MR) is 79.6 cm³/mol. The second-order valence-electron chi connectivity index (χ2n) is 5.49. The Morgan fingerprint density at radius 1 is 1.40 bits per heavy atom. The van der Waals surface area contributed by atoms with Gasteiger partial charge in [-0.05, 0) is 32.6 Å². The molecular formula is C13H22ClN3O2S. The molecule has 0 saturated heterocycles. The number of halogens is 1. The Labute approximate surface area is 126 Å². The van der Waals surface area contributed by atoms with E-state index in [2.05, 4.69) is 5.10 Å². The van der Waals surface area contributed by atoms with Crippen LogP contribution < -0.4 is 0 Å². The molecule has 0 N–H and O–H groups in total. The lowest BCUT2D eigenvalue weighted by Crippen LogP contribution is -2.34. The minimum atomic E-state index is -3.46. The first-order chi connectivity index (χ1) is 9.37. The topological polar surface area (TPSA) is 55.2 Å². The lowest BCUT2D eigenvalue weighted by molar-refractivity contribution is 0.263. The molecule has 1 aliphatic rings. The number of alkyl halides is 1. The average Bonchev–Trinajstić information content (AvgIpc) is 2.59. The van der Waals surface area contributed by atoms with Crippen LogP contribution in [0.2, 0.25) is 0 Å². The second kappa shape index (κ2) is 6.03. The van der Waals surface area contributed by atoms with E-state index in [0.29, 0.717) is 41.2 Å². The smallest absolute Gasteiger partial charge is 0.246 e. The van der Waals surface area contributed by atoms with Gasteiger partial charge in [-0.15, -0.1) is 11.6 Å². The van der Waals surface area contributed by atoms with Gasteiger partial charge in [0.25, 0.3) is 0 Å². The van der Waals surface area contributed by atoms with Gasteiger partial charge in [-0.1, -0.05) is 6.42 Å². The van der Waals surface area contributed by atoms with Gasteiger partial charge in [0.1, 0.15) is 4.90 Å². The molecule has 0 atom stereocenters. The quantitative estimate of drug-likeness (QED) is 0.755. The Morgan fingerprint density at radius 3 is 2.55 bits per heavy atom. The van der Waals surface area contributed by atoms with Crippen molar-refractivity contribution >= 4 is 21.6 Å². The van der Waals surface area contributed by atoms with Crippen LogP contribution in [0.25, 0.3) is 0 Å². The molecular weight excluding hydrogens is 298 g/mol. The van der Waals surface area contributed by atoms with Crippen molar-refractivity contribution < 1.29 is 8.42 Å². The van der Waals surface area contributed by atoms with Gasteiger partial charge in [-0.3, -0.25) is 4.68 Å². The summed E-state index contributed by atoms with van der Waals surface area (Å²) in [5, 5.41) is 4.29. The third-order valence-electron chi connectivity index (χ3n) is 4.02. The van der Waals surface area contributed by atoms with Gasteiger partial charge in [0.2, 0.25) is 10.0 Å². The number of nitrogens with zero attached hydrogens (tertiary/aromatic N) is 3. The van der Waals surface area contributed by atoms with Crippen LogP contribution in [0.15, 0.2) is 4.90 Å². The first-order valence-electron chi connectivity index (χ1n) is 6.94. The molecule has 0 aromatic carbocycles. The zero-order valence-corrected chi connectivity index (χ0v) is 13.8. The number of rotatable bonds is 6. The van der Waals surface area contributed by atoms with Crippen LogP contribution in [-0.4, -0.2) is 42.0 Å². The molecule has 0 spiro atoms. The maximum absolute atomic E-state index is 12.7. The van der Waals surface area contributed by atoms with E-state index < -0.39 is 10.0 Å². The van der Waals surface area contributed by atoms with E-state index in [9.17, 15) is 8.42 Å². The Kier molecular flexibility index (Phi) is 4.76. The van der Waals surface area contributed by atoms with E-state index in [0.717, 1.165) is 12.8 Å². The van der Waals surface area contributed by atoms with Crippen LogP contribution in [0.4, 0.5) is 0 Å². The molecule has 1 saturated carbocycles. The molecule has 1 aromatic rings. The fourth-order valence-corrected chi connectivity index (χ4v) is 4.42. The molecule has 20 heavy (non-hydrogen) atoms. The Bertz CT molecular complexity index is 579. The van der Waals surface area contributed by atoms with Gasteiger partial charge in [0, 0.05) is 19.5 Å². The van der Waals surface area contributed by atoms with Crippen LogP contribution >= 0.6 is 11.6 Å². The van der Waals surface area contributed by atoms with E-state index in [1.807, 2.05) is 0 Å². The van der Waals surface area contributed by atoms with Crippen molar-refractivity contribution in [3.05, 3.63) is 11.4 Å². The van der Waals surface area contributed by atoms with Crippen LogP contribution in [0.5, 0.6) is 0 Å². The number of aromatic nitrogens is 2. The normalized spacial score (nSPS) is 16.6. The van der Waals surface area contributed by atoms with E-state index in [1.165, 1.54) is 10.7 Å². The number of hydrogen-bond acceptors (Lipinski definition) is 3. The highest BCUT2D eigenvalue weighted by atomic mass is 35.5. The van der Waals surface area contributed by atoms with Crippen molar-refractivity contribution in [2.75, 3.05) is 19.5 Å². The molecule has 114 valence electrons. The molecule has 2 rings (SSSR count). The highest BCUT2D eigenvalue weighted by Gasteiger charge is 2.31. The number of aryl methyl sites for hydroxylation is 2. The zero-order valence-electron chi connectivity index (χ0n) is 12.3. The van der Waals surface area contributed by atoms with Crippen LogP contribution in [-0.2, 0) is 16.6 Å². The first kappa shape index (κ1) is 15.8. The molecule has 0 amide bonds. The molecule has 1 aliphatic carbocycles. The number of hydrogen-bond donors (Lipinski definition) is 0. The maximum atomic E-state index is 12.7. The predicted octanol–water partition coefficient (Wildman–Crippen LogP) is 2.16. The zero-order chi connectivity index (χ0) is 14.9. The molecule has 1 fully saturated rings. The SMILES string of the molecule is Cc1nn(CCCl)c(C)c1S(=O)(=O)N(C)CC1CCC1. The van der Waals surface area contributed by atoms with Crippen molar-refractivity contribution in [3.63, 3.8) is 0 Å². The Morgan fingerprint density at radius 2 is 2.05 bits per heavy atom. The van der Waals surface area contributed by atoms with Crippen molar-refractivity contribution in [2.24, 2.45) is 5.92 Å². The van der Waals surface area contributed by atoms with Gasteiger partial charge >= 0.3 is 0 Å². The molecule has 0 radical (unpaired) electrons. The summed E-state index contributed by atoms with van der Waals surface area (Å²) in [4.78, 5) is 0.337. The lowest BCUT2D eigenvalue weighted by Gasteiger charge is -2.29. The molecule has 0 bridgehead atoms. The summed E-state index contributed by atoms with van der Waals surface area (Å²) >= 11 is 5.72. The molecule has 1 aromatic heterocycles. The lowest BCUT2D eigenvalue weighted by atomic mass is 9.86. The Balaban J connectivity index is 2.28. The highest BCUT2D eigenvalue weighted by molar-refractivity contribution is 7.89. The minimum absolute atomic E-state index is 0.337. The third kappa shape index (κ3) is 2.87.